The highest BCUT2D eigenvalue weighted by Crippen LogP contribution is 2.54. The zero-order chi connectivity index (χ0) is 20.5. The summed E-state index contributed by atoms with van der Waals surface area (Å²) in [6.45, 7) is 7.33. The highest BCUT2D eigenvalue weighted by atomic mass is 16.3. The zero-order valence-electron chi connectivity index (χ0n) is 16.5. The van der Waals surface area contributed by atoms with E-state index in [0.29, 0.717) is 5.69 Å². The lowest BCUT2D eigenvalue weighted by molar-refractivity contribution is 0.669. The third-order valence-electron chi connectivity index (χ3n) is 6.42. The Hall–Kier alpha value is -4.35. The fraction of sp³-hybridized carbons (Fsp3) is 0. The van der Waals surface area contributed by atoms with Crippen LogP contribution in [0.25, 0.3) is 70.9 Å². The van der Waals surface area contributed by atoms with Gasteiger partial charge in [-0.05, 0) is 50.7 Å². The third kappa shape index (κ3) is 2.10. The molecule has 1 aliphatic rings. The molecular formula is C29H15NO. The van der Waals surface area contributed by atoms with Gasteiger partial charge < -0.3 is 4.42 Å². The van der Waals surface area contributed by atoms with Gasteiger partial charge in [-0.15, -0.1) is 0 Å². The second-order valence-corrected chi connectivity index (χ2v) is 8.01. The van der Waals surface area contributed by atoms with Gasteiger partial charge in [0, 0.05) is 16.3 Å². The summed E-state index contributed by atoms with van der Waals surface area (Å²) in [4.78, 5) is 3.58. The number of nitrogens with zero attached hydrogens (tertiary/aromatic N) is 1. The van der Waals surface area contributed by atoms with Crippen LogP contribution < -0.4 is 0 Å². The van der Waals surface area contributed by atoms with Crippen molar-refractivity contribution in [3.63, 3.8) is 0 Å². The molecule has 0 amide bonds. The molecule has 31 heavy (non-hydrogen) atoms. The van der Waals surface area contributed by atoms with Gasteiger partial charge in [0.1, 0.15) is 11.2 Å². The van der Waals surface area contributed by atoms with Gasteiger partial charge in [-0.2, -0.15) is 0 Å². The highest BCUT2D eigenvalue weighted by molar-refractivity contribution is 6.25. The van der Waals surface area contributed by atoms with Gasteiger partial charge in [0.05, 0.1) is 6.57 Å². The Morgan fingerprint density at radius 1 is 0.613 bits per heavy atom. The SMILES string of the molecule is [C-]#[N+]c1ccc(-c2c3c(cc4oc5ccccc5c24)-c2cccc4cccc-3c24)cc1. The number of benzene rings is 5. The molecule has 1 aliphatic carbocycles. The Morgan fingerprint density at radius 2 is 1.39 bits per heavy atom. The van der Waals surface area contributed by atoms with Gasteiger partial charge in [0.15, 0.2) is 5.69 Å². The van der Waals surface area contributed by atoms with Crippen LogP contribution >= 0.6 is 0 Å². The van der Waals surface area contributed by atoms with E-state index >= 15 is 0 Å². The molecule has 2 nitrogen and oxygen atoms in total. The lowest BCUT2D eigenvalue weighted by atomic mass is 9.89. The van der Waals surface area contributed by atoms with E-state index in [1.807, 2.05) is 24.3 Å². The predicted octanol–water partition coefficient (Wildman–Crippen LogP) is 8.60. The summed E-state index contributed by atoms with van der Waals surface area (Å²) in [5.41, 5.74) is 9.70. The van der Waals surface area contributed by atoms with Crippen LogP contribution in [0.5, 0.6) is 0 Å². The Balaban J connectivity index is 1.72. The van der Waals surface area contributed by atoms with Crippen molar-refractivity contribution < 1.29 is 4.42 Å². The van der Waals surface area contributed by atoms with Crippen LogP contribution in [0.2, 0.25) is 0 Å². The number of hydrogen-bond acceptors (Lipinski definition) is 1. The molecule has 142 valence electrons. The largest absolute Gasteiger partial charge is 0.456 e. The second kappa shape index (κ2) is 5.84. The maximum atomic E-state index is 7.33. The molecule has 0 bridgehead atoms. The number of furan rings is 1. The van der Waals surface area contributed by atoms with Crippen molar-refractivity contribution in [3.8, 4) is 33.4 Å². The molecule has 0 unspecified atom stereocenters. The molecule has 0 radical (unpaired) electrons. The standard InChI is InChI=1S/C29H15NO/c1-30-19-14-12-18(13-15-19)27-28-22-10-5-7-17-6-4-9-20(26(17)22)23(28)16-25-29(27)21-8-2-3-11-24(21)31-25/h2-16H. The van der Waals surface area contributed by atoms with Gasteiger partial charge >= 0.3 is 0 Å². The molecule has 7 rings (SSSR count). The van der Waals surface area contributed by atoms with Crippen LogP contribution in [0, 0.1) is 6.57 Å². The number of para-hydroxylation sites is 1. The molecule has 5 aromatic carbocycles. The van der Waals surface area contributed by atoms with E-state index in [2.05, 4.69) is 71.6 Å². The summed E-state index contributed by atoms with van der Waals surface area (Å²) in [6, 6.07) is 31.4. The summed E-state index contributed by atoms with van der Waals surface area (Å²) >= 11 is 0. The minimum atomic E-state index is 0.648. The quantitative estimate of drug-likeness (QED) is 0.255. The monoisotopic (exact) mass is 393 g/mol. The highest BCUT2D eigenvalue weighted by Gasteiger charge is 2.28. The molecule has 0 saturated carbocycles. The molecule has 2 heteroatoms. The van der Waals surface area contributed by atoms with E-state index in [-0.39, 0.29) is 0 Å². The third-order valence-corrected chi connectivity index (χ3v) is 6.42. The predicted molar refractivity (Wildman–Crippen MR) is 127 cm³/mol. The first-order valence-electron chi connectivity index (χ1n) is 10.3. The van der Waals surface area contributed by atoms with Crippen molar-refractivity contribution in [1.29, 1.82) is 0 Å². The minimum Gasteiger partial charge on any atom is -0.456 e. The number of hydrogen-bond donors (Lipinski definition) is 0. The van der Waals surface area contributed by atoms with E-state index in [9.17, 15) is 0 Å². The topological polar surface area (TPSA) is 17.5 Å². The van der Waals surface area contributed by atoms with Crippen molar-refractivity contribution in [2.24, 2.45) is 0 Å². The van der Waals surface area contributed by atoms with Gasteiger partial charge in [-0.1, -0.05) is 78.9 Å². The fourth-order valence-electron chi connectivity index (χ4n) is 5.14. The maximum absolute atomic E-state index is 7.33. The summed E-state index contributed by atoms with van der Waals surface area (Å²) in [7, 11) is 0. The average Bonchev–Trinajstić information content (AvgIpc) is 3.35. The summed E-state index contributed by atoms with van der Waals surface area (Å²) in [6.07, 6.45) is 0. The van der Waals surface area contributed by atoms with Gasteiger partial charge in [0.2, 0.25) is 0 Å². The van der Waals surface area contributed by atoms with Gasteiger partial charge in [-0.3, -0.25) is 0 Å². The zero-order valence-corrected chi connectivity index (χ0v) is 16.5. The van der Waals surface area contributed by atoms with Crippen molar-refractivity contribution in [2.45, 2.75) is 0 Å². The summed E-state index contributed by atoms with van der Waals surface area (Å²) in [5, 5.41) is 4.81. The van der Waals surface area contributed by atoms with E-state index < -0.39 is 0 Å². The lowest BCUT2D eigenvalue weighted by Gasteiger charge is -2.13. The molecule has 0 atom stereocenters. The molecule has 0 saturated heterocycles. The number of fused-ring (bicyclic) bond motifs is 6. The summed E-state index contributed by atoms with van der Waals surface area (Å²) in [5.74, 6) is 0. The van der Waals surface area contributed by atoms with Crippen LogP contribution in [0.15, 0.2) is 95.4 Å². The first-order chi connectivity index (χ1) is 15.3. The van der Waals surface area contributed by atoms with E-state index in [1.165, 1.54) is 38.6 Å². The van der Waals surface area contributed by atoms with E-state index in [0.717, 1.165) is 27.5 Å². The van der Waals surface area contributed by atoms with Crippen LogP contribution in [0.4, 0.5) is 5.69 Å². The first-order valence-corrected chi connectivity index (χ1v) is 10.3. The Kier molecular flexibility index (Phi) is 3.10. The minimum absolute atomic E-state index is 0.648. The lowest BCUT2D eigenvalue weighted by Crippen LogP contribution is -1.87. The fourth-order valence-corrected chi connectivity index (χ4v) is 5.14. The molecule has 0 N–H and O–H groups in total. The molecule has 0 aliphatic heterocycles. The number of rotatable bonds is 1. The normalized spacial score (nSPS) is 11.8. The average molecular weight is 393 g/mol. The van der Waals surface area contributed by atoms with E-state index in [1.54, 1.807) is 0 Å². The first kappa shape index (κ1) is 16.4. The van der Waals surface area contributed by atoms with Crippen molar-refractivity contribution in [1.82, 2.24) is 0 Å². The van der Waals surface area contributed by atoms with Crippen molar-refractivity contribution in [2.75, 3.05) is 0 Å². The molecular weight excluding hydrogens is 378 g/mol. The Bertz CT molecular complexity index is 1720. The Morgan fingerprint density at radius 3 is 2.19 bits per heavy atom. The van der Waals surface area contributed by atoms with Gasteiger partial charge in [-0.25, -0.2) is 4.85 Å². The molecule has 1 aromatic heterocycles. The second-order valence-electron chi connectivity index (χ2n) is 8.01. The molecule has 0 fully saturated rings. The maximum Gasteiger partial charge on any atom is 0.187 e. The molecule has 0 spiro atoms. The van der Waals surface area contributed by atoms with Crippen LogP contribution in [0.1, 0.15) is 0 Å². The summed E-state index contributed by atoms with van der Waals surface area (Å²) < 4.78 is 6.33. The van der Waals surface area contributed by atoms with E-state index in [4.69, 9.17) is 11.0 Å². The Labute approximate surface area is 178 Å². The smallest absolute Gasteiger partial charge is 0.187 e. The van der Waals surface area contributed by atoms with Crippen LogP contribution in [0.3, 0.4) is 0 Å². The molecule has 1 heterocycles. The van der Waals surface area contributed by atoms with Gasteiger partial charge in [0.25, 0.3) is 0 Å². The van der Waals surface area contributed by atoms with Crippen LogP contribution in [-0.2, 0) is 0 Å². The molecule has 6 aromatic rings. The van der Waals surface area contributed by atoms with Crippen LogP contribution in [-0.4, -0.2) is 0 Å². The van der Waals surface area contributed by atoms with Crippen molar-refractivity contribution in [3.05, 3.63) is 102 Å². The van der Waals surface area contributed by atoms with Crippen molar-refractivity contribution >= 4 is 38.4 Å².